The van der Waals surface area contributed by atoms with Gasteiger partial charge in [0.15, 0.2) is 5.82 Å². The number of pyridine rings is 1. The summed E-state index contributed by atoms with van der Waals surface area (Å²) in [6, 6.07) is 74.8. The zero-order valence-electron chi connectivity index (χ0n) is 32.0. The molecule has 0 saturated carbocycles. The maximum absolute atomic E-state index is 5.45. The van der Waals surface area contributed by atoms with Gasteiger partial charge in [-0.05, 0) is 39.9 Å². The number of aromatic nitrogens is 3. The Morgan fingerprint density at radius 3 is 1.37 bits per heavy atom. The number of fused-ring (bicyclic) bond motifs is 5. The van der Waals surface area contributed by atoms with E-state index < -0.39 is 0 Å². The summed E-state index contributed by atoms with van der Waals surface area (Å²) >= 11 is 1.82. The van der Waals surface area contributed by atoms with Crippen molar-refractivity contribution in [3.05, 3.63) is 212 Å². The Labute approximate surface area is 346 Å². The average Bonchev–Trinajstić information content (AvgIpc) is 3.72. The van der Waals surface area contributed by atoms with Gasteiger partial charge in [-0.1, -0.05) is 200 Å². The van der Waals surface area contributed by atoms with Crippen LogP contribution in [0, 0.1) is 0 Å². The van der Waals surface area contributed by atoms with E-state index in [9.17, 15) is 0 Å². The van der Waals surface area contributed by atoms with Crippen LogP contribution >= 0.6 is 11.3 Å². The first-order valence-corrected chi connectivity index (χ1v) is 20.7. The van der Waals surface area contributed by atoms with Crippen molar-refractivity contribution in [1.82, 2.24) is 15.0 Å². The maximum atomic E-state index is 5.45. The summed E-state index contributed by atoms with van der Waals surface area (Å²) in [5.74, 6) is 0.678. The van der Waals surface area contributed by atoms with Gasteiger partial charge < -0.3 is 0 Å². The number of hydrogen-bond donors (Lipinski definition) is 0. The lowest BCUT2D eigenvalue weighted by molar-refractivity contribution is 1.18. The van der Waals surface area contributed by atoms with Gasteiger partial charge >= 0.3 is 0 Å². The third kappa shape index (κ3) is 6.46. The van der Waals surface area contributed by atoms with Gasteiger partial charge in [0.25, 0.3) is 0 Å². The molecule has 11 aromatic rings. The van der Waals surface area contributed by atoms with E-state index in [1.807, 2.05) is 23.5 Å². The minimum absolute atomic E-state index is 0.678. The van der Waals surface area contributed by atoms with E-state index in [0.29, 0.717) is 5.82 Å². The smallest absolute Gasteiger partial charge is 0.160 e. The molecular weight excluding hydrogens is 735 g/mol. The summed E-state index contributed by atoms with van der Waals surface area (Å²) in [6.07, 6.45) is 0. The first-order valence-electron chi connectivity index (χ1n) is 19.8. The monoisotopic (exact) mass is 769 g/mol. The number of thiophene rings is 1. The molecule has 8 aromatic carbocycles. The molecule has 0 aliphatic heterocycles. The van der Waals surface area contributed by atoms with Crippen molar-refractivity contribution in [3.63, 3.8) is 0 Å². The van der Waals surface area contributed by atoms with E-state index in [4.69, 9.17) is 15.0 Å². The fourth-order valence-electron chi connectivity index (χ4n) is 8.13. The fourth-order valence-corrected chi connectivity index (χ4v) is 9.36. The highest BCUT2D eigenvalue weighted by molar-refractivity contribution is 7.26. The van der Waals surface area contributed by atoms with Crippen LogP contribution in [0.1, 0.15) is 0 Å². The summed E-state index contributed by atoms with van der Waals surface area (Å²) < 4.78 is 2.49. The van der Waals surface area contributed by atoms with Gasteiger partial charge in [0.2, 0.25) is 0 Å². The molecule has 0 amide bonds. The molecule has 0 unspecified atom stereocenters. The van der Waals surface area contributed by atoms with Crippen molar-refractivity contribution in [2.75, 3.05) is 0 Å². The van der Waals surface area contributed by atoms with Crippen molar-refractivity contribution < 1.29 is 0 Å². The van der Waals surface area contributed by atoms with E-state index >= 15 is 0 Å². The van der Waals surface area contributed by atoms with Crippen LogP contribution in [-0.4, -0.2) is 15.0 Å². The average molecular weight is 770 g/mol. The van der Waals surface area contributed by atoms with Crippen LogP contribution in [-0.2, 0) is 0 Å². The van der Waals surface area contributed by atoms with Crippen LogP contribution in [0.15, 0.2) is 212 Å². The Hall–Kier alpha value is -7.53. The minimum Gasteiger partial charge on any atom is -0.246 e. The molecule has 0 saturated heterocycles. The van der Waals surface area contributed by atoms with Crippen LogP contribution in [0.2, 0.25) is 0 Å². The Bertz CT molecular complexity index is 3170. The Morgan fingerprint density at radius 1 is 0.322 bits per heavy atom. The maximum Gasteiger partial charge on any atom is 0.160 e. The molecule has 3 nitrogen and oxygen atoms in total. The quantitative estimate of drug-likeness (QED) is 0.162. The predicted molar refractivity (Wildman–Crippen MR) is 248 cm³/mol. The molecule has 4 heteroatoms. The Balaban J connectivity index is 1.02. The van der Waals surface area contributed by atoms with Gasteiger partial charge in [-0.25, -0.2) is 15.0 Å². The van der Waals surface area contributed by atoms with Crippen LogP contribution in [0.5, 0.6) is 0 Å². The molecule has 59 heavy (non-hydrogen) atoms. The third-order valence-corrected chi connectivity index (χ3v) is 12.3. The molecule has 0 fully saturated rings. The molecule has 0 radical (unpaired) electrons. The van der Waals surface area contributed by atoms with Crippen molar-refractivity contribution in [3.8, 4) is 78.5 Å². The molecule has 3 aromatic heterocycles. The lowest BCUT2D eigenvalue weighted by atomic mass is 9.97. The van der Waals surface area contributed by atoms with Crippen molar-refractivity contribution >= 4 is 42.4 Å². The highest BCUT2D eigenvalue weighted by atomic mass is 32.1. The summed E-state index contributed by atoms with van der Waals surface area (Å²) in [5.41, 5.74) is 14.8. The second kappa shape index (κ2) is 14.8. The fraction of sp³-hybridized carbons (Fsp3) is 0. The van der Waals surface area contributed by atoms with Gasteiger partial charge in [-0.3, -0.25) is 0 Å². The topological polar surface area (TPSA) is 38.7 Å². The van der Waals surface area contributed by atoms with E-state index in [0.717, 1.165) is 61.4 Å². The van der Waals surface area contributed by atoms with E-state index in [-0.39, 0.29) is 0 Å². The van der Waals surface area contributed by atoms with Crippen LogP contribution in [0.3, 0.4) is 0 Å². The summed E-state index contributed by atoms with van der Waals surface area (Å²) in [5, 5.41) is 3.69. The highest BCUT2D eigenvalue weighted by Gasteiger charge is 2.19. The number of nitrogens with zero attached hydrogens (tertiary/aromatic N) is 3. The van der Waals surface area contributed by atoms with Crippen molar-refractivity contribution in [2.45, 2.75) is 0 Å². The molecule has 11 rings (SSSR count). The molecule has 0 bridgehead atoms. The second-order valence-corrected chi connectivity index (χ2v) is 15.8. The molecule has 0 spiro atoms. The summed E-state index contributed by atoms with van der Waals surface area (Å²) in [4.78, 5) is 15.9. The van der Waals surface area contributed by atoms with Crippen LogP contribution in [0.25, 0.3) is 110 Å². The summed E-state index contributed by atoms with van der Waals surface area (Å²) in [6.45, 7) is 0. The van der Waals surface area contributed by atoms with Gasteiger partial charge in [-0.15, -0.1) is 11.3 Å². The normalized spacial score (nSPS) is 11.4. The zero-order valence-corrected chi connectivity index (χ0v) is 32.8. The minimum atomic E-state index is 0.678. The molecular formula is C55H35N3S. The van der Waals surface area contributed by atoms with Gasteiger partial charge in [-0.2, -0.15) is 0 Å². The Morgan fingerprint density at radius 2 is 0.780 bits per heavy atom. The predicted octanol–water partition coefficient (Wildman–Crippen LogP) is 15.1. The van der Waals surface area contributed by atoms with Gasteiger partial charge in [0.1, 0.15) is 0 Å². The SMILES string of the molecule is c1ccc(-c2ccc(-c3cc(-c4ccc(-c5ccccc5)cc4)nc(-c4ccc(-c5cccc6c5nc(-c5ccccc5)c5sc7ccccc7c56)cc4)n3)cc2)cc1. The summed E-state index contributed by atoms with van der Waals surface area (Å²) in [7, 11) is 0. The molecule has 0 aliphatic carbocycles. The lowest BCUT2D eigenvalue weighted by Gasteiger charge is -2.13. The Kier molecular flexibility index (Phi) is 8.68. The number of rotatable bonds is 7. The molecule has 276 valence electrons. The van der Waals surface area contributed by atoms with Crippen LogP contribution in [0.4, 0.5) is 0 Å². The van der Waals surface area contributed by atoms with E-state index in [1.54, 1.807) is 0 Å². The van der Waals surface area contributed by atoms with Crippen LogP contribution < -0.4 is 0 Å². The highest BCUT2D eigenvalue weighted by Crippen LogP contribution is 2.44. The number of benzene rings is 8. The first kappa shape index (κ1) is 34.7. The van der Waals surface area contributed by atoms with Crippen molar-refractivity contribution in [2.24, 2.45) is 0 Å². The molecule has 0 N–H and O–H groups in total. The third-order valence-electron chi connectivity index (χ3n) is 11.1. The lowest BCUT2D eigenvalue weighted by Crippen LogP contribution is -1.96. The first-order chi connectivity index (χ1) is 29.2. The van der Waals surface area contributed by atoms with E-state index in [2.05, 4.69) is 200 Å². The standard InChI is InChI=1S/C55H35N3S/c1-4-13-36(14-5-1)38-23-29-41(30-24-38)48-35-49(42-31-25-39(26-32-42)37-15-6-2-7-16-37)57-55(56-48)44-33-27-40(28-34-44)45-20-12-21-47-51-46-19-10-11-22-50(46)59-54(51)52(58-53(45)47)43-17-8-3-9-18-43/h1-35H. The molecule has 0 atom stereocenters. The van der Waals surface area contributed by atoms with E-state index in [1.165, 1.54) is 42.4 Å². The van der Waals surface area contributed by atoms with Gasteiger partial charge in [0, 0.05) is 48.7 Å². The van der Waals surface area contributed by atoms with Gasteiger partial charge in [0.05, 0.1) is 27.3 Å². The largest absolute Gasteiger partial charge is 0.246 e. The second-order valence-electron chi connectivity index (χ2n) is 14.8. The number of hydrogen-bond acceptors (Lipinski definition) is 4. The molecule has 3 heterocycles. The molecule has 0 aliphatic rings. The number of para-hydroxylation sites is 1. The zero-order chi connectivity index (χ0) is 39.1. The van der Waals surface area contributed by atoms with Crippen molar-refractivity contribution in [1.29, 1.82) is 0 Å².